The van der Waals surface area contributed by atoms with Crippen molar-refractivity contribution in [1.82, 2.24) is 0 Å². The average Bonchev–Trinajstić information content (AvgIpc) is 2.01. The van der Waals surface area contributed by atoms with Crippen molar-refractivity contribution in [3.05, 3.63) is 25.3 Å². The molecule has 0 nitrogen and oxygen atoms in total. The second kappa shape index (κ2) is 7.15. The summed E-state index contributed by atoms with van der Waals surface area (Å²) in [5, 5.41) is 0. The smallest absolute Gasteiger partial charge is 0.0327 e. The van der Waals surface area contributed by atoms with Crippen molar-refractivity contribution in [2.75, 3.05) is 0 Å². The zero-order valence-electron chi connectivity index (χ0n) is 8.55. The third-order valence-corrected chi connectivity index (χ3v) is 2.24. The summed E-state index contributed by atoms with van der Waals surface area (Å²) < 4.78 is 0. The van der Waals surface area contributed by atoms with Crippen LogP contribution in [-0.2, 0) is 0 Å². The lowest BCUT2D eigenvalue weighted by molar-refractivity contribution is 0.399. The normalized spacial score (nSPS) is 15.2. The molecule has 0 aromatic rings. The quantitative estimate of drug-likeness (QED) is 0.497. The van der Waals surface area contributed by atoms with Crippen LogP contribution in [0.1, 0.15) is 39.5 Å². The molecule has 2 unspecified atom stereocenters. The van der Waals surface area contributed by atoms with E-state index in [0.717, 1.165) is 24.7 Å². The van der Waals surface area contributed by atoms with Gasteiger partial charge in [0, 0.05) is 0 Å². The van der Waals surface area contributed by atoms with Gasteiger partial charge in [0.2, 0.25) is 0 Å². The van der Waals surface area contributed by atoms with E-state index < -0.39 is 0 Å². The van der Waals surface area contributed by atoms with Gasteiger partial charge in [0.15, 0.2) is 0 Å². The minimum absolute atomic E-state index is 0.794. The molecule has 0 saturated heterocycles. The summed E-state index contributed by atoms with van der Waals surface area (Å²) in [6, 6.07) is 0. The summed E-state index contributed by atoms with van der Waals surface area (Å²) in [5.74, 6) is 1.63. The van der Waals surface area contributed by atoms with E-state index in [2.05, 4.69) is 27.0 Å². The Kier molecular flexibility index (Phi) is 6.84. The topological polar surface area (TPSA) is 0 Å². The molecule has 12 heavy (non-hydrogen) atoms. The fourth-order valence-corrected chi connectivity index (χ4v) is 1.59. The van der Waals surface area contributed by atoms with Crippen LogP contribution in [0.15, 0.2) is 25.3 Å². The maximum absolute atomic E-state index is 3.75. The maximum atomic E-state index is 3.75. The molecule has 0 aliphatic carbocycles. The van der Waals surface area contributed by atoms with E-state index in [1.54, 1.807) is 0 Å². The first kappa shape index (κ1) is 11.5. The Bertz CT molecular complexity index is 124. The van der Waals surface area contributed by atoms with Gasteiger partial charge in [-0.1, -0.05) is 26.0 Å². The SMILES string of the molecule is C=CCCC(C)CC(C)CC=C. The number of allylic oxidation sites excluding steroid dienone is 2. The van der Waals surface area contributed by atoms with E-state index in [1.165, 1.54) is 12.8 Å². The maximum Gasteiger partial charge on any atom is -0.0327 e. The first-order valence-electron chi connectivity index (χ1n) is 4.92. The molecule has 0 aliphatic heterocycles. The summed E-state index contributed by atoms with van der Waals surface area (Å²) in [6.07, 6.45) is 8.94. The fourth-order valence-electron chi connectivity index (χ4n) is 1.59. The molecule has 0 rings (SSSR count). The van der Waals surface area contributed by atoms with Gasteiger partial charge in [-0.2, -0.15) is 0 Å². The summed E-state index contributed by atoms with van der Waals surface area (Å²) >= 11 is 0. The predicted molar refractivity (Wildman–Crippen MR) is 57.2 cm³/mol. The Labute approximate surface area is 77.4 Å². The van der Waals surface area contributed by atoms with Crippen molar-refractivity contribution < 1.29 is 0 Å². The van der Waals surface area contributed by atoms with Crippen LogP contribution in [0, 0.1) is 11.8 Å². The molecule has 0 aliphatic rings. The third kappa shape index (κ3) is 6.21. The molecule has 0 fully saturated rings. The van der Waals surface area contributed by atoms with Crippen LogP contribution in [0.3, 0.4) is 0 Å². The fraction of sp³-hybridized carbons (Fsp3) is 0.667. The van der Waals surface area contributed by atoms with Crippen molar-refractivity contribution in [2.45, 2.75) is 39.5 Å². The molecule has 0 heteroatoms. The van der Waals surface area contributed by atoms with Gasteiger partial charge in [-0.25, -0.2) is 0 Å². The lowest BCUT2D eigenvalue weighted by Crippen LogP contribution is -2.01. The van der Waals surface area contributed by atoms with Crippen LogP contribution >= 0.6 is 0 Å². The van der Waals surface area contributed by atoms with Crippen LogP contribution in [0.25, 0.3) is 0 Å². The van der Waals surface area contributed by atoms with Gasteiger partial charge < -0.3 is 0 Å². The van der Waals surface area contributed by atoms with E-state index in [0.29, 0.717) is 0 Å². The molecule has 0 bridgehead atoms. The molecular formula is C12H22. The number of rotatable bonds is 7. The lowest BCUT2D eigenvalue weighted by Gasteiger charge is -2.14. The lowest BCUT2D eigenvalue weighted by atomic mass is 9.92. The predicted octanol–water partition coefficient (Wildman–Crippen LogP) is 4.19. The molecular weight excluding hydrogens is 144 g/mol. The average molecular weight is 166 g/mol. The molecule has 70 valence electrons. The minimum Gasteiger partial charge on any atom is -0.103 e. The molecule has 0 amide bonds. The first-order valence-corrected chi connectivity index (χ1v) is 4.92. The molecule has 0 radical (unpaired) electrons. The van der Waals surface area contributed by atoms with Gasteiger partial charge >= 0.3 is 0 Å². The summed E-state index contributed by atoms with van der Waals surface area (Å²) in [4.78, 5) is 0. The number of hydrogen-bond donors (Lipinski definition) is 0. The zero-order chi connectivity index (χ0) is 9.40. The largest absolute Gasteiger partial charge is 0.103 e. The second-order valence-corrected chi connectivity index (χ2v) is 3.84. The van der Waals surface area contributed by atoms with Gasteiger partial charge in [0.1, 0.15) is 0 Å². The van der Waals surface area contributed by atoms with Gasteiger partial charge in [-0.15, -0.1) is 13.2 Å². The van der Waals surface area contributed by atoms with Crippen LogP contribution in [0.2, 0.25) is 0 Å². The Balaban J connectivity index is 3.45. The highest BCUT2D eigenvalue weighted by Gasteiger charge is 2.06. The minimum atomic E-state index is 0.794. The van der Waals surface area contributed by atoms with Crippen LogP contribution < -0.4 is 0 Å². The molecule has 0 N–H and O–H groups in total. The van der Waals surface area contributed by atoms with E-state index in [4.69, 9.17) is 0 Å². The van der Waals surface area contributed by atoms with Crippen LogP contribution in [-0.4, -0.2) is 0 Å². The van der Waals surface area contributed by atoms with Crippen LogP contribution in [0.5, 0.6) is 0 Å². The van der Waals surface area contributed by atoms with E-state index in [-0.39, 0.29) is 0 Å². The van der Waals surface area contributed by atoms with E-state index in [1.807, 2.05) is 12.2 Å². The van der Waals surface area contributed by atoms with Crippen molar-refractivity contribution in [3.8, 4) is 0 Å². The molecule has 0 saturated carbocycles. The standard InChI is InChI=1S/C12H22/c1-5-7-9-12(4)10-11(3)8-6-2/h5-6,11-12H,1-2,7-10H2,3-4H3. The summed E-state index contributed by atoms with van der Waals surface area (Å²) in [7, 11) is 0. The van der Waals surface area contributed by atoms with Gasteiger partial charge in [-0.05, 0) is 37.5 Å². The highest BCUT2D eigenvalue weighted by molar-refractivity contribution is 4.73. The van der Waals surface area contributed by atoms with E-state index >= 15 is 0 Å². The van der Waals surface area contributed by atoms with Gasteiger partial charge in [0.25, 0.3) is 0 Å². The third-order valence-electron chi connectivity index (χ3n) is 2.24. The van der Waals surface area contributed by atoms with Crippen molar-refractivity contribution in [2.24, 2.45) is 11.8 Å². The Hall–Kier alpha value is -0.520. The monoisotopic (exact) mass is 166 g/mol. The Morgan fingerprint density at radius 3 is 2.25 bits per heavy atom. The van der Waals surface area contributed by atoms with Gasteiger partial charge in [0.05, 0.1) is 0 Å². The molecule has 0 heterocycles. The highest BCUT2D eigenvalue weighted by atomic mass is 14.1. The molecule has 0 spiro atoms. The van der Waals surface area contributed by atoms with Crippen molar-refractivity contribution >= 4 is 0 Å². The summed E-state index contributed by atoms with van der Waals surface area (Å²) in [5.41, 5.74) is 0. The van der Waals surface area contributed by atoms with Crippen LogP contribution in [0.4, 0.5) is 0 Å². The Morgan fingerprint density at radius 1 is 1.08 bits per heavy atom. The second-order valence-electron chi connectivity index (χ2n) is 3.84. The summed E-state index contributed by atoms with van der Waals surface area (Å²) in [6.45, 7) is 12.1. The number of hydrogen-bond acceptors (Lipinski definition) is 0. The van der Waals surface area contributed by atoms with Gasteiger partial charge in [-0.3, -0.25) is 0 Å². The molecule has 2 atom stereocenters. The van der Waals surface area contributed by atoms with Crippen molar-refractivity contribution in [3.63, 3.8) is 0 Å². The first-order chi connectivity index (χ1) is 5.70. The Morgan fingerprint density at radius 2 is 1.75 bits per heavy atom. The van der Waals surface area contributed by atoms with Crippen molar-refractivity contribution in [1.29, 1.82) is 0 Å². The molecule has 0 aromatic carbocycles. The van der Waals surface area contributed by atoms with E-state index in [9.17, 15) is 0 Å². The zero-order valence-corrected chi connectivity index (χ0v) is 8.55. The molecule has 0 aromatic heterocycles. The highest BCUT2D eigenvalue weighted by Crippen LogP contribution is 2.19.